The molecular weight excluding hydrogens is 458 g/mol. The van der Waals surface area contributed by atoms with E-state index in [0.717, 1.165) is 5.56 Å². The standard InChI is InChI=1S/C26H24F2N2O3S/c1-2-12-29(26(32)20-8-3-4-9-22(20)28)16-25(31)30-13-10-24-21(11-14-34-24)23(30)17-33-19-7-5-6-18(27)15-19/h2-9,11,14-15,23H,1,10,12-13,16-17H2. The number of fused-ring (bicyclic) bond motifs is 1. The fraction of sp³-hybridized carbons (Fsp3) is 0.231. The van der Waals surface area contributed by atoms with Crippen LogP contribution in [-0.4, -0.2) is 47.9 Å². The van der Waals surface area contributed by atoms with Gasteiger partial charge in [-0.3, -0.25) is 9.59 Å². The van der Waals surface area contributed by atoms with Gasteiger partial charge in [-0.05, 0) is 47.7 Å². The van der Waals surface area contributed by atoms with E-state index >= 15 is 0 Å². The summed E-state index contributed by atoms with van der Waals surface area (Å²) in [5.74, 6) is -1.53. The molecule has 34 heavy (non-hydrogen) atoms. The zero-order chi connectivity index (χ0) is 24.1. The van der Waals surface area contributed by atoms with Crippen molar-refractivity contribution >= 4 is 23.2 Å². The second kappa shape index (κ2) is 10.6. The van der Waals surface area contributed by atoms with Crippen LogP contribution in [0.5, 0.6) is 5.75 Å². The molecule has 0 aliphatic carbocycles. The molecule has 0 N–H and O–H groups in total. The van der Waals surface area contributed by atoms with Gasteiger partial charge < -0.3 is 14.5 Å². The molecule has 0 bridgehead atoms. The topological polar surface area (TPSA) is 49.9 Å². The number of nitrogens with zero attached hydrogens (tertiary/aromatic N) is 2. The van der Waals surface area contributed by atoms with Crippen LogP contribution in [0.1, 0.15) is 26.8 Å². The van der Waals surface area contributed by atoms with Gasteiger partial charge >= 0.3 is 0 Å². The van der Waals surface area contributed by atoms with Gasteiger partial charge in [-0.2, -0.15) is 0 Å². The fourth-order valence-corrected chi connectivity index (χ4v) is 4.97. The van der Waals surface area contributed by atoms with E-state index in [4.69, 9.17) is 4.74 Å². The van der Waals surface area contributed by atoms with E-state index in [9.17, 15) is 18.4 Å². The van der Waals surface area contributed by atoms with Gasteiger partial charge in [0.25, 0.3) is 5.91 Å². The highest BCUT2D eigenvalue weighted by Gasteiger charge is 2.33. The van der Waals surface area contributed by atoms with Gasteiger partial charge in [-0.25, -0.2) is 8.78 Å². The number of thiophene rings is 1. The normalized spacial score (nSPS) is 14.9. The van der Waals surface area contributed by atoms with Gasteiger partial charge in [0.05, 0.1) is 11.6 Å². The molecule has 3 aromatic rings. The third kappa shape index (κ3) is 5.17. The maximum absolute atomic E-state index is 14.2. The van der Waals surface area contributed by atoms with Crippen molar-refractivity contribution in [3.8, 4) is 5.75 Å². The average Bonchev–Trinajstić information content (AvgIpc) is 3.31. The Hall–Kier alpha value is -3.52. The minimum Gasteiger partial charge on any atom is -0.491 e. The largest absolute Gasteiger partial charge is 0.491 e. The molecule has 0 radical (unpaired) electrons. The average molecular weight is 483 g/mol. The molecule has 4 rings (SSSR count). The smallest absolute Gasteiger partial charge is 0.257 e. The third-order valence-corrected chi connectivity index (χ3v) is 6.68. The van der Waals surface area contributed by atoms with E-state index in [-0.39, 0.29) is 37.2 Å². The van der Waals surface area contributed by atoms with Crippen LogP contribution in [0.4, 0.5) is 8.78 Å². The lowest BCUT2D eigenvalue weighted by atomic mass is 10.0. The van der Waals surface area contributed by atoms with E-state index in [1.807, 2.05) is 11.4 Å². The van der Waals surface area contributed by atoms with Crippen molar-refractivity contribution in [1.82, 2.24) is 9.80 Å². The Kier molecular flexibility index (Phi) is 7.37. The van der Waals surface area contributed by atoms with Crippen molar-refractivity contribution in [3.63, 3.8) is 0 Å². The number of carbonyl (C=O) groups excluding carboxylic acids is 2. The number of amides is 2. The molecule has 0 saturated heterocycles. The Bertz CT molecular complexity index is 1200. The van der Waals surface area contributed by atoms with Crippen molar-refractivity contribution in [3.05, 3.63) is 100 Å². The van der Waals surface area contributed by atoms with Crippen molar-refractivity contribution < 1.29 is 23.1 Å². The first-order valence-corrected chi connectivity index (χ1v) is 11.7. The molecule has 1 aliphatic rings. The van der Waals surface area contributed by atoms with Crippen LogP contribution in [0.2, 0.25) is 0 Å². The molecule has 1 unspecified atom stereocenters. The van der Waals surface area contributed by atoms with E-state index in [2.05, 4.69) is 6.58 Å². The van der Waals surface area contributed by atoms with E-state index < -0.39 is 17.5 Å². The zero-order valence-corrected chi connectivity index (χ0v) is 19.3. The lowest BCUT2D eigenvalue weighted by Crippen LogP contribution is -2.48. The van der Waals surface area contributed by atoms with Crippen LogP contribution in [0, 0.1) is 11.6 Å². The highest BCUT2D eigenvalue weighted by Crippen LogP contribution is 2.34. The quantitative estimate of drug-likeness (QED) is 0.431. The molecule has 0 saturated carbocycles. The first-order chi connectivity index (χ1) is 16.5. The summed E-state index contributed by atoms with van der Waals surface area (Å²) in [5, 5.41) is 1.97. The Morgan fingerprint density at radius 3 is 2.76 bits per heavy atom. The number of benzene rings is 2. The predicted molar refractivity (Wildman–Crippen MR) is 127 cm³/mol. The Morgan fingerprint density at radius 2 is 2.00 bits per heavy atom. The summed E-state index contributed by atoms with van der Waals surface area (Å²) < 4.78 is 33.6. The van der Waals surface area contributed by atoms with Crippen LogP contribution in [0.15, 0.2) is 72.6 Å². The summed E-state index contributed by atoms with van der Waals surface area (Å²) in [4.78, 5) is 30.5. The number of rotatable bonds is 8. The lowest BCUT2D eigenvalue weighted by Gasteiger charge is -2.37. The number of hydrogen-bond donors (Lipinski definition) is 0. The van der Waals surface area contributed by atoms with Crippen LogP contribution >= 0.6 is 11.3 Å². The monoisotopic (exact) mass is 482 g/mol. The third-order valence-electron chi connectivity index (χ3n) is 5.69. The number of hydrogen-bond acceptors (Lipinski definition) is 4. The van der Waals surface area contributed by atoms with Crippen LogP contribution in [0.25, 0.3) is 0 Å². The van der Waals surface area contributed by atoms with E-state index in [1.165, 1.54) is 46.2 Å². The lowest BCUT2D eigenvalue weighted by molar-refractivity contribution is -0.135. The minimum atomic E-state index is -0.642. The summed E-state index contributed by atoms with van der Waals surface area (Å²) in [6.07, 6.45) is 2.20. The SMILES string of the molecule is C=CCN(CC(=O)N1CCc2sccc2C1COc1cccc(F)c1)C(=O)c1ccccc1F. The van der Waals surface area contributed by atoms with Gasteiger partial charge in [-0.1, -0.05) is 24.3 Å². The van der Waals surface area contributed by atoms with Crippen LogP contribution in [-0.2, 0) is 11.2 Å². The molecule has 2 amide bonds. The number of ether oxygens (including phenoxy) is 1. The predicted octanol–water partition coefficient (Wildman–Crippen LogP) is 4.86. The molecule has 1 aromatic heterocycles. The highest BCUT2D eigenvalue weighted by molar-refractivity contribution is 7.10. The Balaban J connectivity index is 1.53. The van der Waals surface area contributed by atoms with Crippen LogP contribution < -0.4 is 4.74 Å². The van der Waals surface area contributed by atoms with Gasteiger partial charge in [0.2, 0.25) is 5.91 Å². The van der Waals surface area contributed by atoms with Gasteiger partial charge in [0, 0.05) is 24.0 Å². The zero-order valence-electron chi connectivity index (χ0n) is 18.5. The first kappa shape index (κ1) is 23.6. The maximum Gasteiger partial charge on any atom is 0.257 e. The molecule has 1 aliphatic heterocycles. The Morgan fingerprint density at radius 1 is 1.18 bits per heavy atom. The molecule has 8 heteroatoms. The van der Waals surface area contributed by atoms with E-state index in [0.29, 0.717) is 18.7 Å². The molecular formula is C26H24F2N2O3S. The molecule has 5 nitrogen and oxygen atoms in total. The minimum absolute atomic E-state index is 0.0955. The summed E-state index contributed by atoms with van der Waals surface area (Å²) in [6, 6.07) is 13.1. The molecule has 2 heterocycles. The molecule has 1 atom stereocenters. The highest BCUT2D eigenvalue weighted by atomic mass is 32.1. The second-order valence-corrected chi connectivity index (χ2v) is 8.88. The van der Waals surface area contributed by atoms with Gasteiger partial charge in [-0.15, -0.1) is 17.9 Å². The fourth-order valence-electron chi connectivity index (χ4n) is 4.04. The summed E-state index contributed by atoms with van der Waals surface area (Å²) in [6.45, 7) is 4.13. The number of halogens is 2. The summed E-state index contributed by atoms with van der Waals surface area (Å²) in [7, 11) is 0. The van der Waals surface area contributed by atoms with Crippen molar-refractivity contribution in [2.24, 2.45) is 0 Å². The summed E-state index contributed by atoms with van der Waals surface area (Å²) >= 11 is 1.62. The van der Waals surface area contributed by atoms with Crippen molar-refractivity contribution in [1.29, 1.82) is 0 Å². The number of carbonyl (C=O) groups is 2. The molecule has 0 fully saturated rings. The van der Waals surface area contributed by atoms with Crippen molar-refractivity contribution in [2.75, 3.05) is 26.2 Å². The Labute approximate surface area is 200 Å². The van der Waals surface area contributed by atoms with Crippen molar-refractivity contribution in [2.45, 2.75) is 12.5 Å². The first-order valence-electron chi connectivity index (χ1n) is 10.9. The second-order valence-electron chi connectivity index (χ2n) is 7.87. The molecule has 0 spiro atoms. The van der Waals surface area contributed by atoms with Gasteiger partial charge in [0.15, 0.2) is 0 Å². The van der Waals surface area contributed by atoms with E-state index in [1.54, 1.807) is 34.4 Å². The summed E-state index contributed by atoms with van der Waals surface area (Å²) in [5.41, 5.74) is 0.888. The molecule has 2 aromatic carbocycles. The van der Waals surface area contributed by atoms with Crippen LogP contribution in [0.3, 0.4) is 0 Å². The maximum atomic E-state index is 14.2. The van der Waals surface area contributed by atoms with Gasteiger partial charge in [0.1, 0.15) is 30.5 Å². The molecule has 176 valence electrons.